The Bertz CT molecular complexity index is 351. The van der Waals surface area contributed by atoms with E-state index in [-0.39, 0.29) is 17.7 Å². The van der Waals surface area contributed by atoms with E-state index < -0.39 is 0 Å². The van der Waals surface area contributed by atoms with E-state index in [0.717, 1.165) is 25.8 Å². The molecular weight excluding hydrogens is 254 g/mol. The van der Waals surface area contributed by atoms with Crippen molar-refractivity contribution in [2.24, 2.45) is 5.92 Å². The maximum Gasteiger partial charge on any atom is 0.225 e. The van der Waals surface area contributed by atoms with E-state index in [2.05, 4.69) is 10.2 Å². The molecule has 1 saturated carbocycles. The fourth-order valence-electron chi connectivity index (χ4n) is 3.23. The number of carbonyl (C=O) groups excluding carboxylic acids is 2. The molecule has 1 aliphatic heterocycles. The number of amides is 2. The molecule has 0 bridgehead atoms. The number of nitrogens with zero attached hydrogens (tertiary/aromatic N) is 2. The summed E-state index contributed by atoms with van der Waals surface area (Å²) in [4.78, 5) is 28.2. The van der Waals surface area contributed by atoms with Gasteiger partial charge in [-0.3, -0.25) is 9.59 Å². The van der Waals surface area contributed by atoms with Gasteiger partial charge in [-0.15, -0.1) is 0 Å². The predicted molar refractivity (Wildman–Crippen MR) is 78.3 cm³/mol. The van der Waals surface area contributed by atoms with Crippen LogP contribution in [0.1, 0.15) is 38.5 Å². The number of rotatable bonds is 6. The summed E-state index contributed by atoms with van der Waals surface area (Å²) in [5.41, 5.74) is 0. The van der Waals surface area contributed by atoms with Crippen LogP contribution >= 0.6 is 0 Å². The van der Waals surface area contributed by atoms with Crippen molar-refractivity contribution in [3.8, 4) is 0 Å². The Morgan fingerprint density at radius 2 is 2.05 bits per heavy atom. The normalized spacial score (nSPS) is 23.9. The highest BCUT2D eigenvalue weighted by Gasteiger charge is 2.38. The minimum atomic E-state index is -0.137. The van der Waals surface area contributed by atoms with Gasteiger partial charge in [-0.05, 0) is 39.9 Å². The molecule has 20 heavy (non-hydrogen) atoms. The Balaban J connectivity index is 1.73. The molecular formula is C15H27N3O2. The summed E-state index contributed by atoms with van der Waals surface area (Å²) in [6.45, 7) is 2.30. The lowest BCUT2D eigenvalue weighted by atomic mass is 10.1. The zero-order valence-corrected chi connectivity index (χ0v) is 12.7. The molecule has 0 radical (unpaired) electrons. The smallest absolute Gasteiger partial charge is 0.225 e. The van der Waals surface area contributed by atoms with Gasteiger partial charge >= 0.3 is 0 Å². The number of hydrogen-bond donors (Lipinski definition) is 1. The maximum absolute atomic E-state index is 12.1. The van der Waals surface area contributed by atoms with Crippen LogP contribution < -0.4 is 5.32 Å². The molecule has 0 aromatic rings. The van der Waals surface area contributed by atoms with Gasteiger partial charge in [0.05, 0.1) is 5.92 Å². The van der Waals surface area contributed by atoms with E-state index in [9.17, 15) is 9.59 Å². The minimum absolute atomic E-state index is 0.0533. The fourth-order valence-corrected chi connectivity index (χ4v) is 3.23. The van der Waals surface area contributed by atoms with Crippen molar-refractivity contribution in [1.29, 1.82) is 0 Å². The van der Waals surface area contributed by atoms with Gasteiger partial charge in [0, 0.05) is 25.6 Å². The first kappa shape index (κ1) is 15.3. The van der Waals surface area contributed by atoms with Crippen molar-refractivity contribution in [2.75, 3.05) is 33.7 Å². The van der Waals surface area contributed by atoms with Crippen LogP contribution in [0, 0.1) is 5.92 Å². The molecule has 0 aromatic carbocycles. The predicted octanol–water partition coefficient (Wildman–Crippen LogP) is 0.845. The van der Waals surface area contributed by atoms with Crippen LogP contribution in [0.5, 0.6) is 0 Å². The van der Waals surface area contributed by atoms with Crippen LogP contribution in [0.2, 0.25) is 0 Å². The largest absolute Gasteiger partial charge is 0.356 e. The third-order valence-corrected chi connectivity index (χ3v) is 4.38. The van der Waals surface area contributed by atoms with E-state index >= 15 is 0 Å². The highest BCUT2D eigenvalue weighted by atomic mass is 16.2. The Morgan fingerprint density at radius 1 is 1.35 bits per heavy atom. The standard InChI is InChI=1S/C15H27N3O2/c1-17(2)9-5-8-16-15(20)12-10-14(19)18(11-12)13-6-3-4-7-13/h12-13H,3-11H2,1-2H3,(H,16,20). The fraction of sp³-hybridized carbons (Fsp3) is 0.867. The Labute approximate surface area is 121 Å². The highest BCUT2D eigenvalue weighted by Crippen LogP contribution is 2.29. The minimum Gasteiger partial charge on any atom is -0.356 e. The molecule has 5 heteroatoms. The summed E-state index contributed by atoms with van der Waals surface area (Å²) in [7, 11) is 4.05. The average molecular weight is 281 g/mol. The summed E-state index contributed by atoms with van der Waals surface area (Å²) in [5.74, 6) is 0.0883. The third kappa shape index (κ3) is 3.95. The molecule has 114 valence electrons. The number of carbonyl (C=O) groups is 2. The van der Waals surface area contributed by atoms with Crippen LogP contribution in [0.4, 0.5) is 0 Å². The molecule has 5 nitrogen and oxygen atoms in total. The van der Waals surface area contributed by atoms with Crippen LogP contribution in [-0.4, -0.2) is 61.4 Å². The van der Waals surface area contributed by atoms with Gasteiger partial charge in [-0.25, -0.2) is 0 Å². The summed E-state index contributed by atoms with van der Waals surface area (Å²) in [6, 6.07) is 0.397. The molecule has 2 rings (SSSR count). The summed E-state index contributed by atoms with van der Waals surface area (Å²) < 4.78 is 0. The van der Waals surface area contributed by atoms with Gasteiger partial charge < -0.3 is 15.1 Å². The van der Waals surface area contributed by atoms with Crippen molar-refractivity contribution in [3.05, 3.63) is 0 Å². The second-order valence-corrected chi connectivity index (χ2v) is 6.33. The van der Waals surface area contributed by atoms with Crippen LogP contribution in [0.3, 0.4) is 0 Å². The third-order valence-electron chi connectivity index (χ3n) is 4.38. The van der Waals surface area contributed by atoms with Gasteiger partial charge in [-0.2, -0.15) is 0 Å². The zero-order chi connectivity index (χ0) is 14.5. The van der Waals surface area contributed by atoms with Crippen molar-refractivity contribution in [3.63, 3.8) is 0 Å². The van der Waals surface area contributed by atoms with Crippen LogP contribution in [-0.2, 0) is 9.59 Å². The molecule has 1 heterocycles. The molecule has 1 N–H and O–H groups in total. The zero-order valence-electron chi connectivity index (χ0n) is 12.7. The first-order chi connectivity index (χ1) is 9.58. The molecule has 1 unspecified atom stereocenters. The molecule has 2 amide bonds. The summed E-state index contributed by atoms with van der Waals surface area (Å²) in [6.07, 6.45) is 6.01. The molecule has 1 saturated heterocycles. The van der Waals surface area contributed by atoms with E-state index in [4.69, 9.17) is 0 Å². The quantitative estimate of drug-likeness (QED) is 0.734. The van der Waals surface area contributed by atoms with Gasteiger partial charge in [0.1, 0.15) is 0 Å². The van der Waals surface area contributed by atoms with Crippen molar-refractivity contribution < 1.29 is 9.59 Å². The van der Waals surface area contributed by atoms with Gasteiger partial charge in [0.25, 0.3) is 0 Å². The lowest BCUT2D eigenvalue weighted by Crippen LogP contribution is -2.37. The molecule has 2 aliphatic rings. The summed E-state index contributed by atoms with van der Waals surface area (Å²) in [5, 5.41) is 2.97. The Hall–Kier alpha value is -1.10. The average Bonchev–Trinajstić information content (AvgIpc) is 3.02. The molecule has 2 fully saturated rings. The van der Waals surface area contributed by atoms with E-state index in [0.29, 0.717) is 25.6 Å². The second kappa shape index (κ2) is 7.07. The topological polar surface area (TPSA) is 52.7 Å². The van der Waals surface area contributed by atoms with E-state index in [1.165, 1.54) is 12.8 Å². The van der Waals surface area contributed by atoms with Gasteiger partial charge in [0.15, 0.2) is 0 Å². The molecule has 1 aliphatic carbocycles. The van der Waals surface area contributed by atoms with E-state index in [1.54, 1.807) is 0 Å². The maximum atomic E-state index is 12.1. The number of nitrogens with one attached hydrogen (secondary N) is 1. The van der Waals surface area contributed by atoms with Gasteiger partial charge in [-0.1, -0.05) is 12.8 Å². The lowest BCUT2D eigenvalue weighted by molar-refractivity contribution is -0.130. The summed E-state index contributed by atoms with van der Waals surface area (Å²) >= 11 is 0. The first-order valence-corrected chi connectivity index (χ1v) is 7.80. The Kier molecular flexibility index (Phi) is 5.40. The lowest BCUT2D eigenvalue weighted by Gasteiger charge is -2.23. The Morgan fingerprint density at radius 3 is 2.70 bits per heavy atom. The first-order valence-electron chi connectivity index (χ1n) is 7.80. The molecule has 1 atom stereocenters. The number of hydrogen-bond acceptors (Lipinski definition) is 3. The van der Waals surface area contributed by atoms with Crippen molar-refractivity contribution >= 4 is 11.8 Å². The van der Waals surface area contributed by atoms with Gasteiger partial charge in [0.2, 0.25) is 11.8 Å². The molecule has 0 aromatic heterocycles. The van der Waals surface area contributed by atoms with Crippen molar-refractivity contribution in [2.45, 2.75) is 44.6 Å². The van der Waals surface area contributed by atoms with E-state index in [1.807, 2.05) is 19.0 Å². The van der Waals surface area contributed by atoms with Crippen molar-refractivity contribution in [1.82, 2.24) is 15.1 Å². The van der Waals surface area contributed by atoms with Crippen LogP contribution in [0.25, 0.3) is 0 Å². The SMILES string of the molecule is CN(C)CCCNC(=O)C1CC(=O)N(C2CCCC2)C1. The monoisotopic (exact) mass is 281 g/mol. The highest BCUT2D eigenvalue weighted by molar-refractivity contribution is 5.89. The molecule has 0 spiro atoms. The van der Waals surface area contributed by atoms with Crippen LogP contribution in [0.15, 0.2) is 0 Å². The number of likely N-dealkylation sites (tertiary alicyclic amines) is 1. The second-order valence-electron chi connectivity index (χ2n) is 6.33.